The Kier molecular flexibility index (Phi) is 4.12. The van der Waals surface area contributed by atoms with Gasteiger partial charge in [-0.3, -0.25) is 0 Å². The summed E-state index contributed by atoms with van der Waals surface area (Å²) in [5.41, 5.74) is 8.49. The van der Waals surface area contributed by atoms with Crippen LogP contribution < -0.4 is 9.47 Å². The normalized spacial score (nSPS) is 14.9. The van der Waals surface area contributed by atoms with Crippen molar-refractivity contribution in [2.45, 2.75) is 26.2 Å². The molecule has 0 aliphatic heterocycles. The van der Waals surface area contributed by atoms with E-state index in [9.17, 15) is 0 Å². The highest BCUT2D eigenvalue weighted by atomic mass is 16.5. The second kappa shape index (κ2) is 6.44. The molecule has 2 aliphatic rings. The monoisotopic (exact) mass is 332 g/mol. The van der Waals surface area contributed by atoms with E-state index in [0.717, 1.165) is 30.8 Å². The average molecular weight is 332 g/mol. The van der Waals surface area contributed by atoms with E-state index >= 15 is 0 Å². The first kappa shape index (κ1) is 16.0. The van der Waals surface area contributed by atoms with Crippen LogP contribution in [-0.4, -0.2) is 14.2 Å². The van der Waals surface area contributed by atoms with Crippen molar-refractivity contribution in [1.29, 1.82) is 0 Å². The lowest BCUT2D eigenvalue weighted by Crippen LogP contribution is -2.07. The van der Waals surface area contributed by atoms with Crippen LogP contribution in [0.5, 0.6) is 11.5 Å². The standard InChI is InChI=1S/C23H24O2/c1-4-23(19-9-15-5-7-21(24-2)13-17(15)11-19)20-10-16-6-8-22(25-3)14-18(16)12-20/h5-8,11-14,23H,4,9-10H2,1-3H3. The zero-order valence-electron chi connectivity index (χ0n) is 15.1. The Balaban J connectivity index is 1.62. The molecule has 0 bridgehead atoms. The third kappa shape index (κ3) is 2.86. The van der Waals surface area contributed by atoms with Gasteiger partial charge in [-0.15, -0.1) is 0 Å². The van der Waals surface area contributed by atoms with Crippen molar-refractivity contribution >= 4 is 12.2 Å². The van der Waals surface area contributed by atoms with Crippen LogP contribution in [-0.2, 0) is 12.8 Å². The molecule has 4 rings (SSSR count). The minimum atomic E-state index is 0.511. The fourth-order valence-corrected chi connectivity index (χ4v) is 4.14. The van der Waals surface area contributed by atoms with Gasteiger partial charge in [-0.05, 0) is 65.8 Å². The van der Waals surface area contributed by atoms with Gasteiger partial charge in [0.15, 0.2) is 0 Å². The molecule has 0 atom stereocenters. The molecule has 2 heteroatoms. The lowest BCUT2D eigenvalue weighted by atomic mass is 9.86. The smallest absolute Gasteiger partial charge is 0.119 e. The van der Waals surface area contributed by atoms with Crippen molar-refractivity contribution in [2.24, 2.45) is 5.92 Å². The minimum Gasteiger partial charge on any atom is -0.497 e. The number of rotatable bonds is 5. The molecule has 2 aromatic carbocycles. The third-order valence-corrected chi connectivity index (χ3v) is 5.48. The number of hydrogen-bond donors (Lipinski definition) is 0. The second-order valence-corrected chi connectivity index (χ2v) is 6.88. The molecule has 128 valence electrons. The molecule has 0 fully saturated rings. The summed E-state index contributed by atoms with van der Waals surface area (Å²) in [7, 11) is 3.45. The Hall–Kier alpha value is -2.48. The number of benzene rings is 2. The topological polar surface area (TPSA) is 18.5 Å². The van der Waals surface area contributed by atoms with E-state index in [-0.39, 0.29) is 0 Å². The molecule has 0 saturated heterocycles. The summed E-state index contributed by atoms with van der Waals surface area (Å²) < 4.78 is 10.7. The molecule has 0 amide bonds. The van der Waals surface area contributed by atoms with Crippen LogP contribution >= 0.6 is 0 Å². The lowest BCUT2D eigenvalue weighted by molar-refractivity contribution is 0.414. The fourth-order valence-electron chi connectivity index (χ4n) is 4.14. The van der Waals surface area contributed by atoms with Crippen LogP contribution in [0, 0.1) is 5.92 Å². The van der Waals surface area contributed by atoms with E-state index in [1.165, 1.54) is 33.4 Å². The predicted octanol–water partition coefficient (Wildman–Crippen LogP) is 5.31. The van der Waals surface area contributed by atoms with Crippen LogP contribution in [0.15, 0.2) is 47.5 Å². The summed E-state index contributed by atoms with van der Waals surface area (Å²) in [5, 5.41) is 0. The van der Waals surface area contributed by atoms with Crippen LogP contribution in [0.3, 0.4) is 0 Å². The van der Waals surface area contributed by atoms with E-state index in [4.69, 9.17) is 9.47 Å². The van der Waals surface area contributed by atoms with E-state index in [1.807, 2.05) is 0 Å². The number of methoxy groups -OCH3 is 2. The average Bonchev–Trinajstić information content (AvgIpc) is 3.24. The van der Waals surface area contributed by atoms with Gasteiger partial charge in [0, 0.05) is 5.92 Å². The summed E-state index contributed by atoms with van der Waals surface area (Å²) >= 11 is 0. The van der Waals surface area contributed by atoms with E-state index < -0.39 is 0 Å². The molecule has 2 nitrogen and oxygen atoms in total. The van der Waals surface area contributed by atoms with Crippen molar-refractivity contribution in [3.8, 4) is 11.5 Å². The maximum Gasteiger partial charge on any atom is 0.119 e. The summed E-state index contributed by atoms with van der Waals surface area (Å²) in [6, 6.07) is 12.8. The molecule has 25 heavy (non-hydrogen) atoms. The number of hydrogen-bond acceptors (Lipinski definition) is 2. The van der Waals surface area contributed by atoms with Crippen molar-refractivity contribution in [1.82, 2.24) is 0 Å². The van der Waals surface area contributed by atoms with Crippen molar-refractivity contribution in [2.75, 3.05) is 14.2 Å². The van der Waals surface area contributed by atoms with Gasteiger partial charge in [0.1, 0.15) is 11.5 Å². The molecule has 2 aromatic rings. The largest absolute Gasteiger partial charge is 0.497 e. The Bertz CT molecular complexity index is 802. The number of allylic oxidation sites excluding steroid dienone is 2. The van der Waals surface area contributed by atoms with E-state index in [0.29, 0.717) is 5.92 Å². The Morgan fingerprint density at radius 2 is 1.28 bits per heavy atom. The molecule has 0 unspecified atom stereocenters. The Labute approximate surface area is 149 Å². The molecule has 0 spiro atoms. The maximum atomic E-state index is 5.37. The second-order valence-electron chi connectivity index (χ2n) is 6.88. The molecule has 0 aromatic heterocycles. The van der Waals surface area contributed by atoms with Crippen LogP contribution in [0.4, 0.5) is 0 Å². The molecule has 0 saturated carbocycles. The van der Waals surface area contributed by atoms with Gasteiger partial charge >= 0.3 is 0 Å². The van der Waals surface area contributed by atoms with Gasteiger partial charge in [0.05, 0.1) is 14.2 Å². The molecular weight excluding hydrogens is 308 g/mol. The molecule has 0 heterocycles. The maximum absolute atomic E-state index is 5.37. The van der Waals surface area contributed by atoms with Crippen LogP contribution in [0.25, 0.3) is 12.2 Å². The van der Waals surface area contributed by atoms with Gasteiger partial charge in [-0.1, -0.05) is 42.4 Å². The van der Waals surface area contributed by atoms with Crippen molar-refractivity contribution in [3.05, 3.63) is 69.8 Å². The Morgan fingerprint density at radius 1 is 0.800 bits per heavy atom. The molecular formula is C23H24O2. The zero-order chi connectivity index (χ0) is 17.4. The first-order chi connectivity index (χ1) is 12.2. The predicted molar refractivity (Wildman–Crippen MR) is 103 cm³/mol. The first-order valence-electron chi connectivity index (χ1n) is 8.96. The van der Waals surface area contributed by atoms with Crippen LogP contribution in [0.1, 0.15) is 35.6 Å². The van der Waals surface area contributed by atoms with Gasteiger partial charge in [0.2, 0.25) is 0 Å². The zero-order valence-corrected chi connectivity index (χ0v) is 15.1. The van der Waals surface area contributed by atoms with Gasteiger partial charge in [0.25, 0.3) is 0 Å². The number of fused-ring (bicyclic) bond motifs is 2. The summed E-state index contributed by atoms with van der Waals surface area (Å²) in [5.74, 6) is 2.38. The quantitative estimate of drug-likeness (QED) is 0.739. The first-order valence-corrected chi connectivity index (χ1v) is 8.96. The summed E-state index contributed by atoms with van der Waals surface area (Å²) in [4.78, 5) is 0. The van der Waals surface area contributed by atoms with Crippen molar-refractivity contribution in [3.63, 3.8) is 0 Å². The molecule has 0 radical (unpaired) electrons. The highest BCUT2D eigenvalue weighted by molar-refractivity contribution is 5.70. The molecule has 2 aliphatic carbocycles. The van der Waals surface area contributed by atoms with Gasteiger partial charge < -0.3 is 9.47 Å². The highest BCUT2D eigenvalue weighted by Crippen LogP contribution is 2.40. The van der Waals surface area contributed by atoms with E-state index in [2.05, 4.69) is 55.5 Å². The third-order valence-electron chi connectivity index (χ3n) is 5.48. The van der Waals surface area contributed by atoms with Crippen LogP contribution in [0.2, 0.25) is 0 Å². The summed E-state index contributed by atoms with van der Waals surface area (Å²) in [6.45, 7) is 2.29. The van der Waals surface area contributed by atoms with Gasteiger partial charge in [-0.25, -0.2) is 0 Å². The highest BCUT2D eigenvalue weighted by Gasteiger charge is 2.26. The minimum absolute atomic E-state index is 0.511. The fraction of sp³-hybridized carbons (Fsp3) is 0.304. The van der Waals surface area contributed by atoms with E-state index in [1.54, 1.807) is 14.2 Å². The summed E-state index contributed by atoms with van der Waals surface area (Å²) in [6.07, 6.45) is 7.98. The lowest BCUT2D eigenvalue weighted by Gasteiger charge is -2.18. The SMILES string of the molecule is CCC(C1=Cc2cc(OC)ccc2C1)C1=Cc2cc(OC)ccc2C1. The van der Waals surface area contributed by atoms with Gasteiger partial charge in [-0.2, -0.15) is 0 Å². The van der Waals surface area contributed by atoms with Crippen molar-refractivity contribution < 1.29 is 9.47 Å². The number of ether oxygens (including phenoxy) is 2. The Morgan fingerprint density at radius 3 is 1.68 bits per heavy atom. The molecule has 0 N–H and O–H groups in total.